The normalized spacial score (nSPS) is 11.1. The fourth-order valence-electron chi connectivity index (χ4n) is 1.70. The molecule has 0 N–H and O–H groups in total. The van der Waals surface area contributed by atoms with Gasteiger partial charge in [0, 0.05) is 11.6 Å². The maximum absolute atomic E-state index is 11.8. The lowest BCUT2D eigenvalue weighted by Crippen LogP contribution is -2.26. The Kier molecular flexibility index (Phi) is 3.90. The van der Waals surface area contributed by atoms with Gasteiger partial charge in [0.1, 0.15) is 12.9 Å². The number of ether oxygens (including phenoxy) is 1. The van der Waals surface area contributed by atoms with E-state index in [-0.39, 0.29) is 11.1 Å². The molecule has 0 bridgehead atoms. The SMILES string of the molecule is CC(C)(COC(=O)c1ccncn1)c1ccccc1. The Balaban J connectivity index is 2.01. The number of carbonyl (C=O) groups is 1. The van der Waals surface area contributed by atoms with Crippen LogP contribution in [0.3, 0.4) is 0 Å². The predicted octanol–water partition coefficient (Wildman–Crippen LogP) is 2.61. The summed E-state index contributed by atoms with van der Waals surface area (Å²) in [7, 11) is 0. The van der Waals surface area contributed by atoms with Crippen LogP contribution in [0.2, 0.25) is 0 Å². The van der Waals surface area contributed by atoms with Crippen LogP contribution in [0.1, 0.15) is 29.9 Å². The molecule has 0 aliphatic rings. The predicted molar refractivity (Wildman–Crippen MR) is 71.8 cm³/mol. The van der Waals surface area contributed by atoms with Gasteiger partial charge in [-0.3, -0.25) is 0 Å². The van der Waals surface area contributed by atoms with Gasteiger partial charge in [0.25, 0.3) is 0 Å². The van der Waals surface area contributed by atoms with Crippen LogP contribution < -0.4 is 0 Å². The lowest BCUT2D eigenvalue weighted by molar-refractivity contribution is 0.0420. The molecule has 4 heteroatoms. The summed E-state index contributed by atoms with van der Waals surface area (Å²) in [5.74, 6) is -0.425. The van der Waals surface area contributed by atoms with E-state index in [1.165, 1.54) is 18.6 Å². The molecular formula is C15H16N2O2. The van der Waals surface area contributed by atoms with Crippen molar-refractivity contribution in [3.05, 3.63) is 60.2 Å². The smallest absolute Gasteiger partial charge is 0.357 e. The molecule has 1 heterocycles. The molecule has 0 radical (unpaired) electrons. The molecule has 0 saturated carbocycles. The van der Waals surface area contributed by atoms with Crippen LogP contribution >= 0.6 is 0 Å². The monoisotopic (exact) mass is 256 g/mol. The topological polar surface area (TPSA) is 52.1 Å². The zero-order valence-electron chi connectivity index (χ0n) is 11.0. The van der Waals surface area contributed by atoms with Crippen LogP contribution in [0.5, 0.6) is 0 Å². The summed E-state index contributed by atoms with van der Waals surface area (Å²) < 4.78 is 5.32. The molecule has 0 fully saturated rings. The van der Waals surface area contributed by atoms with Crippen LogP contribution in [0, 0.1) is 0 Å². The van der Waals surface area contributed by atoms with Gasteiger partial charge in [-0.25, -0.2) is 14.8 Å². The second kappa shape index (κ2) is 5.61. The summed E-state index contributed by atoms with van der Waals surface area (Å²) in [5.41, 5.74) is 1.17. The first kappa shape index (κ1) is 13.2. The van der Waals surface area contributed by atoms with E-state index in [0.717, 1.165) is 5.56 Å². The maximum atomic E-state index is 11.8. The fraction of sp³-hybridized carbons (Fsp3) is 0.267. The third kappa shape index (κ3) is 3.37. The fourth-order valence-corrected chi connectivity index (χ4v) is 1.70. The van der Waals surface area contributed by atoms with Gasteiger partial charge in [0.2, 0.25) is 0 Å². The van der Waals surface area contributed by atoms with E-state index in [1.807, 2.05) is 44.2 Å². The molecule has 0 aliphatic carbocycles. The maximum Gasteiger partial charge on any atom is 0.357 e. The molecule has 2 aromatic rings. The van der Waals surface area contributed by atoms with Gasteiger partial charge in [-0.2, -0.15) is 0 Å². The van der Waals surface area contributed by atoms with E-state index in [1.54, 1.807) is 0 Å². The molecule has 1 aromatic heterocycles. The first-order chi connectivity index (χ1) is 9.09. The number of esters is 1. The number of benzene rings is 1. The van der Waals surface area contributed by atoms with Gasteiger partial charge in [-0.05, 0) is 11.6 Å². The number of hydrogen-bond acceptors (Lipinski definition) is 4. The third-order valence-corrected chi connectivity index (χ3v) is 2.91. The minimum Gasteiger partial charge on any atom is -0.460 e. The molecule has 98 valence electrons. The van der Waals surface area contributed by atoms with Crippen molar-refractivity contribution in [2.45, 2.75) is 19.3 Å². The van der Waals surface area contributed by atoms with Gasteiger partial charge < -0.3 is 4.74 Å². The van der Waals surface area contributed by atoms with Crippen molar-refractivity contribution >= 4 is 5.97 Å². The number of carbonyl (C=O) groups excluding carboxylic acids is 1. The Morgan fingerprint density at radius 3 is 2.58 bits per heavy atom. The summed E-state index contributed by atoms with van der Waals surface area (Å²) >= 11 is 0. The third-order valence-electron chi connectivity index (χ3n) is 2.91. The molecule has 0 spiro atoms. The highest BCUT2D eigenvalue weighted by Gasteiger charge is 2.23. The zero-order chi connectivity index (χ0) is 13.7. The molecule has 4 nitrogen and oxygen atoms in total. The zero-order valence-corrected chi connectivity index (χ0v) is 11.0. The van der Waals surface area contributed by atoms with E-state index in [4.69, 9.17) is 4.74 Å². The summed E-state index contributed by atoms with van der Waals surface area (Å²) in [6, 6.07) is 11.5. The largest absolute Gasteiger partial charge is 0.460 e. The summed E-state index contributed by atoms with van der Waals surface area (Å²) in [5, 5.41) is 0. The Bertz CT molecular complexity index is 539. The lowest BCUT2D eigenvalue weighted by atomic mass is 9.86. The van der Waals surface area contributed by atoms with Crippen molar-refractivity contribution in [3.8, 4) is 0 Å². The Hall–Kier alpha value is -2.23. The average molecular weight is 256 g/mol. The first-order valence-corrected chi connectivity index (χ1v) is 6.08. The van der Waals surface area contributed by atoms with Gasteiger partial charge in [-0.15, -0.1) is 0 Å². The van der Waals surface area contributed by atoms with Gasteiger partial charge in [0.15, 0.2) is 5.69 Å². The number of nitrogens with zero attached hydrogens (tertiary/aromatic N) is 2. The minimum atomic E-state index is -0.425. The van der Waals surface area contributed by atoms with Crippen molar-refractivity contribution in [1.82, 2.24) is 9.97 Å². The standard InChI is InChI=1S/C15H16N2O2/c1-15(2,12-6-4-3-5-7-12)10-19-14(18)13-8-9-16-11-17-13/h3-9,11H,10H2,1-2H3. The van der Waals surface area contributed by atoms with Crippen LogP contribution in [0.15, 0.2) is 48.9 Å². The van der Waals surface area contributed by atoms with Crippen molar-refractivity contribution in [1.29, 1.82) is 0 Å². The highest BCUT2D eigenvalue weighted by molar-refractivity contribution is 5.86. The number of hydrogen-bond donors (Lipinski definition) is 0. The quantitative estimate of drug-likeness (QED) is 0.789. The van der Waals surface area contributed by atoms with Crippen molar-refractivity contribution < 1.29 is 9.53 Å². The average Bonchev–Trinajstić information content (AvgIpc) is 2.47. The van der Waals surface area contributed by atoms with Crippen LogP contribution in [-0.2, 0) is 10.2 Å². The molecule has 0 aliphatic heterocycles. The number of rotatable bonds is 4. The van der Waals surface area contributed by atoms with Gasteiger partial charge in [-0.1, -0.05) is 44.2 Å². The lowest BCUT2D eigenvalue weighted by Gasteiger charge is -2.24. The molecule has 0 saturated heterocycles. The van der Waals surface area contributed by atoms with Crippen molar-refractivity contribution in [2.75, 3.05) is 6.61 Å². The Morgan fingerprint density at radius 2 is 1.95 bits per heavy atom. The highest BCUT2D eigenvalue weighted by Crippen LogP contribution is 2.23. The summed E-state index contributed by atoms with van der Waals surface area (Å²) in [6.07, 6.45) is 2.85. The molecule has 0 unspecified atom stereocenters. The summed E-state index contributed by atoms with van der Waals surface area (Å²) in [6.45, 7) is 4.38. The molecular weight excluding hydrogens is 240 g/mol. The van der Waals surface area contributed by atoms with E-state index in [9.17, 15) is 4.79 Å². The molecule has 0 atom stereocenters. The van der Waals surface area contributed by atoms with E-state index < -0.39 is 5.97 Å². The first-order valence-electron chi connectivity index (χ1n) is 6.08. The summed E-state index contributed by atoms with van der Waals surface area (Å²) in [4.78, 5) is 19.4. The van der Waals surface area contributed by atoms with Crippen molar-refractivity contribution in [3.63, 3.8) is 0 Å². The van der Waals surface area contributed by atoms with Gasteiger partial charge >= 0.3 is 5.97 Å². The second-order valence-electron chi connectivity index (χ2n) is 4.92. The van der Waals surface area contributed by atoms with Crippen LogP contribution in [0.4, 0.5) is 0 Å². The molecule has 0 amide bonds. The van der Waals surface area contributed by atoms with E-state index in [2.05, 4.69) is 9.97 Å². The van der Waals surface area contributed by atoms with Crippen LogP contribution in [0.25, 0.3) is 0 Å². The van der Waals surface area contributed by atoms with E-state index in [0.29, 0.717) is 6.61 Å². The van der Waals surface area contributed by atoms with Crippen LogP contribution in [-0.4, -0.2) is 22.5 Å². The molecule has 19 heavy (non-hydrogen) atoms. The minimum absolute atomic E-state index is 0.232. The molecule has 1 aromatic carbocycles. The van der Waals surface area contributed by atoms with E-state index >= 15 is 0 Å². The second-order valence-corrected chi connectivity index (χ2v) is 4.92. The molecule has 2 rings (SSSR count). The Morgan fingerprint density at radius 1 is 1.21 bits per heavy atom. The highest BCUT2D eigenvalue weighted by atomic mass is 16.5. The number of aromatic nitrogens is 2. The van der Waals surface area contributed by atoms with Crippen molar-refractivity contribution in [2.24, 2.45) is 0 Å². The van der Waals surface area contributed by atoms with Gasteiger partial charge in [0.05, 0.1) is 0 Å². The Labute approximate surface area is 112 Å².